The van der Waals surface area contributed by atoms with Crippen molar-refractivity contribution in [2.24, 2.45) is 0 Å². The predicted octanol–water partition coefficient (Wildman–Crippen LogP) is 5.18. The van der Waals surface area contributed by atoms with Gasteiger partial charge in [0.2, 0.25) is 0 Å². The molecule has 0 fully saturated rings. The van der Waals surface area contributed by atoms with Crippen LogP contribution in [0.25, 0.3) is 15.9 Å². The van der Waals surface area contributed by atoms with Crippen molar-refractivity contribution in [1.29, 1.82) is 0 Å². The molecule has 4 heterocycles. The van der Waals surface area contributed by atoms with Crippen LogP contribution in [0.1, 0.15) is 20.2 Å². The molecule has 31 heavy (non-hydrogen) atoms. The zero-order valence-corrected chi connectivity index (χ0v) is 16.9. The van der Waals surface area contributed by atoms with Gasteiger partial charge in [-0.15, -0.1) is 11.3 Å². The van der Waals surface area contributed by atoms with Gasteiger partial charge < -0.3 is 19.6 Å². The van der Waals surface area contributed by atoms with Crippen LogP contribution in [0.15, 0.2) is 89.9 Å². The van der Waals surface area contributed by atoms with Crippen molar-refractivity contribution in [1.82, 2.24) is 9.55 Å². The molecular formula is C23H16N4O3S. The van der Waals surface area contributed by atoms with Crippen LogP contribution < -0.4 is 10.6 Å². The van der Waals surface area contributed by atoms with Crippen LogP contribution in [0.5, 0.6) is 0 Å². The summed E-state index contributed by atoms with van der Waals surface area (Å²) in [6.07, 6.45) is 6.97. The number of nitrogens with zero attached hydrogens (tertiary/aromatic N) is 2. The first-order valence-corrected chi connectivity index (χ1v) is 10.3. The van der Waals surface area contributed by atoms with E-state index in [-0.39, 0.29) is 17.6 Å². The molecule has 0 aliphatic heterocycles. The standard InChI is InChI=1S/C23H16N4O3S/c28-21(18-6-4-14-30-18)25-15-7-9-16(10-8-15)26-22(29)20-19(27-12-1-2-13-27)17-5-3-11-24-23(17)31-20/h1-14H,(H,25,28)(H,26,29). The lowest BCUT2D eigenvalue weighted by molar-refractivity contribution is 0.0994. The second-order valence-corrected chi connectivity index (χ2v) is 7.69. The van der Waals surface area contributed by atoms with E-state index in [1.807, 2.05) is 41.2 Å². The Bertz CT molecular complexity index is 1350. The number of carbonyl (C=O) groups is 2. The molecule has 0 aliphatic carbocycles. The number of furan rings is 1. The highest BCUT2D eigenvalue weighted by atomic mass is 32.1. The molecule has 5 rings (SSSR count). The number of hydrogen-bond donors (Lipinski definition) is 2. The summed E-state index contributed by atoms with van der Waals surface area (Å²) >= 11 is 1.35. The predicted molar refractivity (Wildman–Crippen MR) is 120 cm³/mol. The maximum Gasteiger partial charge on any atom is 0.291 e. The number of anilines is 2. The average Bonchev–Trinajstić information content (AvgIpc) is 3.54. The third kappa shape index (κ3) is 3.72. The zero-order chi connectivity index (χ0) is 21.2. The molecule has 2 N–H and O–H groups in total. The van der Waals surface area contributed by atoms with Gasteiger partial charge in [0.15, 0.2) is 5.76 Å². The van der Waals surface area contributed by atoms with Crippen molar-refractivity contribution in [3.05, 3.63) is 96.2 Å². The number of thiophene rings is 1. The number of pyridine rings is 1. The van der Waals surface area contributed by atoms with Crippen LogP contribution in [0, 0.1) is 0 Å². The second-order valence-electron chi connectivity index (χ2n) is 6.69. The van der Waals surface area contributed by atoms with Gasteiger partial charge in [0.05, 0.1) is 12.0 Å². The van der Waals surface area contributed by atoms with Crippen LogP contribution in [0.3, 0.4) is 0 Å². The minimum Gasteiger partial charge on any atom is -0.459 e. The van der Waals surface area contributed by atoms with Gasteiger partial charge in [-0.1, -0.05) is 0 Å². The number of fused-ring (bicyclic) bond motifs is 1. The number of carbonyl (C=O) groups excluding carboxylic acids is 2. The average molecular weight is 428 g/mol. The molecule has 0 aliphatic rings. The number of amides is 2. The van der Waals surface area contributed by atoms with Gasteiger partial charge in [0.1, 0.15) is 9.71 Å². The minimum atomic E-state index is -0.337. The Balaban J connectivity index is 1.38. The van der Waals surface area contributed by atoms with Crippen molar-refractivity contribution < 1.29 is 14.0 Å². The van der Waals surface area contributed by atoms with Gasteiger partial charge >= 0.3 is 0 Å². The number of nitrogens with one attached hydrogen (secondary N) is 2. The highest BCUT2D eigenvalue weighted by Gasteiger charge is 2.20. The van der Waals surface area contributed by atoms with E-state index in [2.05, 4.69) is 15.6 Å². The quantitative estimate of drug-likeness (QED) is 0.403. The van der Waals surface area contributed by atoms with Crippen LogP contribution in [0.2, 0.25) is 0 Å². The van der Waals surface area contributed by atoms with E-state index >= 15 is 0 Å². The molecular weight excluding hydrogens is 412 g/mol. The minimum absolute atomic E-state index is 0.223. The fourth-order valence-electron chi connectivity index (χ4n) is 3.24. The number of hydrogen-bond acceptors (Lipinski definition) is 5. The Kier molecular flexibility index (Phi) is 4.81. The first kappa shape index (κ1) is 18.8. The van der Waals surface area contributed by atoms with E-state index < -0.39 is 0 Å². The largest absolute Gasteiger partial charge is 0.459 e. The van der Waals surface area contributed by atoms with Crippen molar-refractivity contribution in [3.8, 4) is 5.69 Å². The molecule has 4 aromatic heterocycles. The summed E-state index contributed by atoms with van der Waals surface area (Å²) < 4.78 is 7.00. The molecule has 0 radical (unpaired) electrons. The summed E-state index contributed by atoms with van der Waals surface area (Å²) in [4.78, 5) is 30.9. The molecule has 0 saturated heterocycles. The Morgan fingerprint density at radius 2 is 1.58 bits per heavy atom. The molecule has 1 aromatic carbocycles. The Hall–Kier alpha value is -4.17. The topological polar surface area (TPSA) is 89.2 Å². The molecule has 152 valence electrons. The molecule has 0 atom stereocenters. The number of benzene rings is 1. The lowest BCUT2D eigenvalue weighted by Crippen LogP contribution is -2.13. The summed E-state index contributed by atoms with van der Waals surface area (Å²) in [6.45, 7) is 0. The van der Waals surface area contributed by atoms with Crippen molar-refractivity contribution in [3.63, 3.8) is 0 Å². The van der Waals surface area contributed by atoms with E-state index in [1.54, 1.807) is 42.6 Å². The highest BCUT2D eigenvalue weighted by molar-refractivity contribution is 7.21. The normalized spacial score (nSPS) is 10.8. The fourth-order valence-corrected chi connectivity index (χ4v) is 4.28. The molecule has 5 aromatic rings. The van der Waals surface area contributed by atoms with E-state index in [9.17, 15) is 9.59 Å². The van der Waals surface area contributed by atoms with E-state index in [0.717, 1.165) is 15.9 Å². The molecule has 0 unspecified atom stereocenters. The van der Waals surface area contributed by atoms with Crippen LogP contribution >= 0.6 is 11.3 Å². The molecule has 2 amide bonds. The third-order valence-corrected chi connectivity index (χ3v) is 5.76. The third-order valence-electron chi connectivity index (χ3n) is 4.65. The monoisotopic (exact) mass is 428 g/mol. The summed E-state index contributed by atoms with van der Waals surface area (Å²) in [6, 6.07) is 17.8. The van der Waals surface area contributed by atoms with Gasteiger partial charge in [-0.25, -0.2) is 4.98 Å². The van der Waals surface area contributed by atoms with Crippen LogP contribution in [-0.2, 0) is 0 Å². The first-order chi connectivity index (χ1) is 15.2. The lowest BCUT2D eigenvalue weighted by Gasteiger charge is -2.09. The lowest BCUT2D eigenvalue weighted by atomic mass is 10.2. The van der Waals surface area contributed by atoms with E-state index in [1.165, 1.54) is 17.6 Å². The van der Waals surface area contributed by atoms with Gasteiger partial charge in [-0.05, 0) is 60.7 Å². The van der Waals surface area contributed by atoms with Crippen molar-refractivity contribution in [2.45, 2.75) is 0 Å². The van der Waals surface area contributed by atoms with Crippen LogP contribution in [-0.4, -0.2) is 21.4 Å². The van der Waals surface area contributed by atoms with Crippen LogP contribution in [0.4, 0.5) is 11.4 Å². The summed E-state index contributed by atoms with van der Waals surface area (Å²) in [5.74, 6) is -0.330. The van der Waals surface area contributed by atoms with Gasteiger partial charge in [0.25, 0.3) is 11.8 Å². The Morgan fingerprint density at radius 3 is 2.26 bits per heavy atom. The maximum absolute atomic E-state index is 13.1. The highest BCUT2D eigenvalue weighted by Crippen LogP contribution is 2.33. The SMILES string of the molecule is O=C(Nc1ccc(NC(=O)c2sc3ncccc3c2-n2cccc2)cc1)c1ccco1. The van der Waals surface area contributed by atoms with Crippen molar-refractivity contribution >= 4 is 44.7 Å². The van der Waals surface area contributed by atoms with Gasteiger partial charge in [0, 0.05) is 35.4 Å². The smallest absolute Gasteiger partial charge is 0.291 e. The molecule has 0 spiro atoms. The first-order valence-electron chi connectivity index (χ1n) is 9.46. The zero-order valence-electron chi connectivity index (χ0n) is 16.1. The van der Waals surface area contributed by atoms with E-state index in [4.69, 9.17) is 4.42 Å². The van der Waals surface area contributed by atoms with E-state index in [0.29, 0.717) is 16.3 Å². The summed E-state index contributed by atoms with van der Waals surface area (Å²) in [5, 5.41) is 6.60. The summed E-state index contributed by atoms with van der Waals surface area (Å²) in [5.41, 5.74) is 2.02. The second kappa shape index (κ2) is 7.92. The molecule has 8 heteroatoms. The Labute approximate surface area is 181 Å². The molecule has 0 bridgehead atoms. The fraction of sp³-hybridized carbons (Fsp3) is 0. The van der Waals surface area contributed by atoms with Crippen molar-refractivity contribution in [2.75, 3.05) is 10.6 Å². The summed E-state index contributed by atoms with van der Waals surface area (Å²) in [7, 11) is 0. The maximum atomic E-state index is 13.1. The Morgan fingerprint density at radius 1 is 0.871 bits per heavy atom. The number of rotatable bonds is 5. The molecule has 0 saturated carbocycles. The number of aromatic nitrogens is 2. The molecule has 7 nitrogen and oxygen atoms in total. The van der Waals surface area contributed by atoms with Gasteiger partial charge in [-0.3, -0.25) is 9.59 Å². The van der Waals surface area contributed by atoms with Gasteiger partial charge in [-0.2, -0.15) is 0 Å².